The van der Waals surface area contributed by atoms with Crippen molar-refractivity contribution in [3.8, 4) is 5.69 Å². The molecule has 0 atom stereocenters. The Morgan fingerprint density at radius 1 is 1.33 bits per heavy atom. The molecule has 9 heteroatoms. The lowest BCUT2D eigenvalue weighted by Gasteiger charge is -2.06. The molecule has 1 amide bonds. The van der Waals surface area contributed by atoms with E-state index in [1.54, 1.807) is 16.8 Å². The Balaban J connectivity index is 1.64. The van der Waals surface area contributed by atoms with Crippen LogP contribution in [0.3, 0.4) is 0 Å². The number of tetrazole rings is 1. The van der Waals surface area contributed by atoms with Gasteiger partial charge in [0.05, 0.1) is 16.5 Å². The van der Waals surface area contributed by atoms with E-state index >= 15 is 0 Å². The fourth-order valence-corrected chi connectivity index (χ4v) is 2.75. The average molecular weight is 361 g/mol. The summed E-state index contributed by atoms with van der Waals surface area (Å²) >= 11 is 7.01. The number of halogens is 1. The predicted molar refractivity (Wildman–Crippen MR) is 92.5 cm³/mol. The van der Waals surface area contributed by atoms with Crippen LogP contribution in [0.5, 0.6) is 0 Å². The molecule has 7 nitrogen and oxygen atoms in total. The Labute approximate surface area is 147 Å². The van der Waals surface area contributed by atoms with Crippen molar-refractivity contribution < 1.29 is 4.79 Å². The van der Waals surface area contributed by atoms with Crippen LogP contribution in [0.15, 0.2) is 47.8 Å². The molecule has 0 radical (unpaired) electrons. The van der Waals surface area contributed by atoms with Gasteiger partial charge in [-0.2, -0.15) is 4.68 Å². The first-order valence-corrected chi connectivity index (χ1v) is 8.38. The molecule has 0 saturated heterocycles. The quantitative estimate of drug-likeness (QED) is 0.704. The van der Waals surface area contributed by atoms with E-state index in [-0.39, 0.29) is 11.7 Å². The van der Waals surface area contributed by atoms with E-state index in [9.17, 15) is 4.79 Å². The van der Waals surface area contributed by atoms with Gasteiger partial charge in [0.1, 0.15) is 5.82 Å². The third kappa shape index (κ3) is 4.09. The summed E-state index contributed by atoms with van der Waals surface area (Å²) in [6.07, 6.45) is 1.47. The molecule has 0 bridgehead atoms. The first-order valence-electron chi connectivity index (χ1n) is 7.01. The second kappa shape index (κ2) is 7.41. The number of nitrogens with one attached hydrogen (secondary N) is 1. The fourth-order valence-electron chi connectivity index (χ4n) is 1.95. The van der Waals surface area contributed by atoms with E-state index < -0.39 is 0 Å². The Morgan fingerprint density at radius 2 is 2.21 bits per heavy atom. The van der Waals surface area contributed by atoms with Gasteiger partial charge in [0, 0.05) is 6.20 Å². The Bertz CT molecular complexity index is 851. The van der Waals surface area contributed by atoms with Crippen LogP contribution >= 0.6 is 23.4 Å². The van der Waals surface area contributed by atoms with Crippen molar-refractivity contribution in [2.75, 3.05) is 11.1 Å². The zero-order valence-corrected chi connectivity index (χ0v) is 14.3. The van der Waals surface area contributed by atoms with Crippen LogP contribution in [0.25, 0.3) is 5.69 Å². The second-order valence-electron chi connectivity index (χ2n) is 4.91. The van der Waals surface area contributed by atoms with Crippen molar-refractivity contribution in [1.82, 2.24) is 25.2 Å². The predicted octanol–water partition coefficient (Wildman–Crippen LogP) is 2.75. The summed E-state index contributed by atoms with van der Waals surface area (Å²) in [4.78, 5) is 16.0. The lowest BCUT2D eigenvalue weighted by molar-refractivity contribution is -0.113. The van der Waals surface area contributed by atoms with Crippen molar-refractivity contribution in [3.05, 3.63) is 53.2 Å². The van der Waals surface area contributed by atoms with Crippen LogP contribution in [0.4, 0.5) is 5.82 Å². The maximum atomic E-state index is 12.0. The van der Waals surface area contributed by atoms with Gasteiger partial charge in [0.25, 0.3) is 0 Å². The number of carbonyl (C=O) groups is 1. The summed E-state index contributed by atoms with van der Waals surface area (Å²) in [7, 11) is 0. The molecule has 0 aliphatic carbocycles. The summed E-state index contributed by atoms with van der Waals surface area (Å²) in [5.41, 5.74) is 1.95. The van der Waals surface area contributed by atoms with Gasteiger partial charge in [-0.05, 0) is 47.2 Å². The smallest absolute Gasteiger partial charge is 0.236 e. The van der Waals surface area contributed by atoms with Crippen molar-refractivity contribution in [3.63, 3.8) is 0 Å². The minimum Gasteiger partial charge on any atom is -0.310 e. The third-order valence-corrected chi connectivity index (χ3v) is 4.16. The number of benzene rings is 1. The number of hydrogen-bond acceptors (Lipinski definition) is 6. The molecule has 0 aliphatic heterocycles. The summed E-state index contributed by atoms with van der Waals surface area (Å²) in [6.45, 7) is 1.99. The number of aryl methyl sites for hydroxylation is 1. The normalized spacial score (nSPS) is 10.6. The summed E-state index contributed by atoms with van der Waals surface area (Å²) in [5, 5.41) is 15.4. The Hall–Kier alpha value is -2.45. The second-order valence-corrected chi connectivity index (χ2v) is 6.29. The number of amides is 1. The van der Waals surface area contributed by atoms with Gasteiger partial charge in [-0.3, -0.25) is 4.79 Å². The molecule has 2 aromatic heterocycles. The molecule has 122 valence electrons. The number of carbonyl (C=O) groups excluding carboxylic acids is 1. The van der Waals surface area contributed by atoms with Gasteiger partial charge in [0.15, 0.2) is 0 Å². The SMILES string of the molecule is Cc1cccc(-n2nnnc2SCC(=O)Nc2ccc(Cl)cn2)c1. The van der Waals surface area contributed by atoms with E-state index in [1.165, 1.54) is 18.0 Å². The molecular weight excluding hydrogens is 348 g/mol. The molecule has 3 aromatic rings. The molecule has 0 unspecified atom stereocenters. The fraction of sp³-hybridized carbons (Fsp3) is 0.133. The van der Waals surface area contributed by atoms with Gasteiger partial charge >= 0.3 is 0 Å². The first kappa shape index (κ1) is 16.4. The van der Waals surface area contributed by atoms with Gasteiger partial charge in [-0.15, -0.1) is 5.10 Å². The van der Waals surface area contributed by atoms with Crippen LogP contribution in [0.2, 0.25) is 5.02 Å². The van der Waals surface area contributed by atoms with Crippen molar-refractivity contribution in [1.29, 1.82) is 0 Å². The Morgan fingerprint density at radius 3 is 2.96 bits per heavy atom. The highest BCUT2D eigenvalue weighted by Crippen LogP contribution is 2.19. The number of anilines is 1. The third-order valence-electron chi connectivity index (χ3n) is 3.01. The van der Waals surface area contributed by atoms with Crippen molar-refractivity contribution in [2.45, 2.75) is 12.1 Å². The monoisotopic (exact) mass is 360 g/mol. The molecule has 0 fully saturated rings. The zero-order chi connectivity index (χ0) is 16.9. The molecule has 24 heavy (non-hydrogen) atoms. The highest BCUT2D eigenvalue weighted by atomic mass is 35.5. The minimum absolute atomic E-state index is 0.163. The summed E-state index contributed by atoms with van der Waals surface area (Å²) in [5.74, 6) is 0.410. The molecule has 1 N–H and O–H groups in total. The summed E-state index contributed by atoms with van der Waals surface area (Å²) in [6, 6.07) is 11.1. The molecule has 2 heterocycles. The lowest BCUT2D eigenvalue weighted by Crippen LogP contribution is -2.15. The van der Waals surface area contributed by atoms with Crippen LogP contribution in [-0.2, 0) is 4.79 Å². The van der Waals surface area contributed by atoms with Crippen molar-refractivity contribution >= 4 is 35.1 Å². The number of pyridine rings is 1. The van der Waals surface area contributed by atoms with Gasteiger partial charge < -0.3 is 5.32 Å². The van der Waals surface area contributed by atoms with Crippen LogP contribution in [-0.4, -0.2) is 36.9 Å². The number of hydrogen-bond donors (Lipinski definition) is 1. The molecule has 0 saturated carbocycles. The van der Waals surface area contributed by atoms with Gasteiger partial charge in [-0.25, -0.2) is 4.98 Å². The van der Waals surface area contributed by atoms with E-state index in [0.29, 0.717) is 16.0 Å². The minimum atomic E-state index is -0.200. The standard InChI is InChI=1S/C15H13ClN6OS/c1-10-3-2-4-12(7-10)22-15(19-20-21-22)24-9-14(23)18-13-6-5-11(16)8-17-13/h2-8H,9H2,1H3,(H,17,18,23). The lowest BCUT2D eigenvalue weighted by atomic mass is 10.2. The van der Waals surface area contributed by atoms with E-state index in [1.807, 2.05) is 31.2 Å². The number of nitrogens with zero attached hydrogens (tertiary/aromatic N) is 5. The maximum absolute atomic E-state index is 12.0. The first-order chi connectivity index (χ1) is 11.6. The van der Waals surface area contributed by atoms with E-state index in [2.05, 4.69) is 25.8 Å². The van der Waals surface area contributed by atoms with E-state index in [0.717, 1.165) is 11.3 Å². The van der Waals surface area contributed by atoms with E-state index in [4.69, 9.17) is 11.6 Å². The zero-order valence-electron chi connectivity index (χ0n) is 12.7. The number of aromatic nitrogens is 5. The highest BCUT2D eigenvalue weighted by Gasteiger charge is 2.12. The van der Waals surface area contributed by atoms with Gasteiger partial charge in [0.2, 0.25) is 11.1 Å². The Kier molecular flexibility index (Phi) is 5.07. The molecule has 3 rings (SSSR count). The maximum Gasteiger partial charge on any atom is 0.236 e. The van der Waals surface area contributed by atoms with Crippen LogP contribution in [0, 0.1) is 6.92 Å². The number of thioether (sulfide) groups is 1. The largest absolute Gasteiger partial charge is 0.310 e. The number of rotatable bonds is 5. The van der Waals surface area contributed by atoms with Gasteiger partial charge in [-0.1, -0.05) is 35.5 Å². The van der Waals surface area contributed by atoms with Crippen LogP contribution < -0.4 is 5.32 Å². The highest BCUT2D eigenvalue weighted by molar-refractivity contribution is 7.99. The summed E-state index contributed by atoms with van der Waals surface area (Å²) < 4.78 is 1.60. The molecule has 0 spiro atoms. The molecule has 0 aliphatic rings. The average Bonchev–Trinajstić information content (AvgIpc) is 3.04. The molecule has 1 aromatic carbocycles. The topological polar surface area (TPSA) is 85.6 Å². The molecular formula is C15H13ClN6OS. The van der Waals surface area contributed by atoms with Crippen LogP contribution in [0.1, 0.15) is 5.56 Å². The van der Waals surface area contributed by atoms with Crippen molar-refractivity contribution in [2.24, 2.45) is 0 Å².